The third-order valence-electron chi connectivity index (χ3n) is 6.90. The van der Waals surface area contributed by atoms with Gasteiger partial charge >= 0.3 is 11.9 Å². The Bertz CT molecular complexity index is 1100. The molecule has 1 fully saturated rings. The molecule has 10 atom stereocenters. The van der Waals surface area contributed by atoms with Gasteiger partial charge in [-0.25, -0.2) is 0 Å². The second-order valence-corrected chi connectivity index (χ2v) is 14.6. The highest BCUT2D eigenvalue weighted by Gasteiger charge is 2.54. The molecule has 1 aliphatic carbocycles. The van der Waals surface area contributed by atoms with Crippen molar-refractivity contribution in [3.05, 3.63) is 0 Å². The van der Waals surface area contributed by atoms with Crippen LogP contribution in [-0.4, -0.2) is 93.0 Å². The average Bonchev–Trinajstić information content (AvgIpc) is 2.96. The van der Waals surface area contributed by atoms with Crippen LogP contribution in [0.3, 0.4) is 0 Å². The highest BCUT2D eigenvalue weighted by atomic mass is 31.2. The molecule has 3 unspecified atom stereocenters. The molecular weight excluding hydrogens is 739 g/mol. The van der Waals surface area contributed by atoms with Gasteiger partial charge in [-0.05, 0) is 12.8 Å². The molecule has 1 aliphatic rings. The van der Waals surface area contributed by atoms with Crippen molar-refractivity contribution in [2.24, 2.45) is 0 Å². The van der Waals surface area contributed by atoms with Crippen molar-refractivity contribution in [2.75, 3.05) is 13.2 Å². The SMILES string of the molecule is CCCCCCCC(=O)OC[C@H](COP(=O)([O-])O[C@H]1[C@H](O)[C@@H](O)[C@H](OP(=O)([O-])O)[C@@H](OP(=O)([O-])O)[C@H]1O)OC(=O)CCCCCCC.[NH4+].[NH4+].[NH4+]. The van der Waals surface area contributed by atoms with Crippen LogP contribution in [0.25, 0.3) is 0 Å². The van der Waals surface area contributed by atoms with Gasteiger partial charge in [0.25, 0.3) is 23.5 Å². The molecule has 1 rings (SSSR count). The van der Waals surface area contributed by atoms with Crippen LogP contribution in [0.5, 0.6) is 0 Å². The maximum atomic E-state index is 12.7. The second kappa shape index (κ2) is 25.9. The molecule has 1 saturated carbocycles. The van der Waals surface area contributed by atoms with Crippen LogP contribution in [0, 0.1) is 0 Å². The first-order valence-corrected chi connectivity index (χ1v) is 19.7. The van der Waals surface area contributed by atoms with Crippen molar-refractivity contribution in [1.29, 1.82) is 0 Å². The van der Waals surface area contributed by atoms with Gasteiger partial charge in [-0.1, -0.05) is 65.2 Å². The average molecular weight is 798 g/mol. The van der Waals surface area contributed by atoms with Gasteiger partial charge in [0.2, 0.25) is 0 Å². The van der Waals surface area contributed by atoms with Crippen LogP contribution in [-0.2, 0) is 50.9 Å². The monoisotopic (exact) mass is 797 g/mol. The van der Waals surface area contributed by atoms with E-state index in [1.807, 2.05) is 13.8 Å². The van der Waals surface area contributed by atoms with Gasteiger partial charge in [0.1, 0.15) is 43.2 Å². The zero-order valence-electron chi connectivity index (χ0n) is 29.2. The van der Waals surface area contributed by atoms with Gasteiger partial charge in [0.15, 0.2) is 6.10 Å². The third kappa shape index (κ3) is 22.2. The van der Waals surface area contributed by atoms with E-state index in [1.54, 1.807) is 0 Å². The van der Waals surface area contributed by atoms with Crippen molar-refractivity contribution in [2.45, 2.75) is 134 Å². The predicted molar refractivity (Wildman–Crippen MR) is 171 cm³/mol. The maximum absolute atomic E-state index is 12.7. The molecule has 0 aromatic heterocycles. The number of esters is 2. The Morgan fingerprint density at radius 2 is 1.04 bits per heavy atom. The van der Waals surface area contributed by atoms with Gasteiger partial charge in [-0.3, -0.25) is 23.3 Å². The Hall–Kier alpha value is -0.970. The zero-order chi connectivity index (χ0) is 35.8. The Balaban J connectivity index is -0.00000736. The molecule has 0 heterocycles. The van der Waals surface area contributed by atoms with E-state index in [-0.39, 0.29) is 31.3 Å². The molecule has 0 aliphatic heterocycles. The number of carbonyl (C=O) groups excluding carboxylic acids is 2. The summed E-state index contributed by atoms with van der Waals surface area (Å²) >= 11 is 0. The summed E-state index contributed by atoms with van der Waals surface area (Å²) in [5.41, 5.74) is 0. The molecule has 0 spiro atoms. The van der Waals surface area contributed by atoms with Crippen molar-refractivity contribution >= 4 is 35.4 Å². The number of phosphoric acid groups is 3. The summed E-state index contributed by atoms with van der Waals surface area (Å²) in [6.45, 7) is 2.45. The summed E-state index contributed by atoms with van der Waals surface area (Å²) in [6.07, 6.45) is -8.69. The van der Waals surface area contributed by atoms with Crippen LogP contribution >= 0.6 is 23.5 Å². The number of carbonyl (C=O) groups is 2. The number of phosphoric ester groups is 3. The van der Waals surface area contributed by atoms with Crippen molar-refractivity contribution < 1.29 is 90.6 Å². The van der Waals surface area contributed by atoms with E-state index in [0.717, 1.165) is 51.4 Å². The fourth-order valence-electron chi connectivity index (χ4n) is 4.56. The molecule has 0 aromatic rings. The second-order valence-electron chi connectivity index (χ2n) is 11.0. The number of ether oxygens (including phenoxy) is 2. The van der Waals surface area contributed by atoms with Crippen molar-refractivity contribution in [3.63, 3.8) is 0 Å². The lowest BCUT2D eigenvalue weighted by Crippen LogP contribution is -2.65. The summed E-state index contributed by atoms with van der Waals surface area (Å²) in [5.74, 6) is -1.38. The number of aliphatic hydroxyl groups excluding tert-OH is 3. The molecule has 22 nitrogen and oxygen atoms in total. The Kier molecular flexibility index (Phi) is 27.7. The Labute approximate surface area is 291 Å². The number of aliphatic hydroxyl groups is 3. The van der Waals surface area contributed by atoms with E-state index < -0.39 is 91.3 Å². The molecule has 0 radical (unpaired) electrons. The van der Waals surface area contributed by atoms with Crippen molar-refractivity contribution in [1.82, 2.24) is 18.5 Å². The first-order valence-electron chi connectivity index (χ1n) is 15.3. The number of hydrogen-bond donors (Lipinski definition) is 8. The first kappa shape index (κ1) is 53.4. The molecule has 0 amide bonds. The summed E-state index contributed by atoms with van der Waals surface area (Å²) in [5, 5.41) is 31.2. The summed E-state index contributed by atoms with van der Waals surface area (Å²) in [4.78, 5) is 77.8. The molecule has 0 bridgehead atoms. The smallest absolute Gasteiger partial charge is 0.306 e. The van der Waals surface area contributed by atoms with Crippen LogP contribution in [0.1, 0.15) is 90.9 Å². The highest BCUT2D eigenvalue weighted by molar-refractivity contribution is 7.46. The fraction of sp³-hybridized carbons (Fsp3) is 0.920. The minimum Gasteiger partial charge on any atom is -0.756 e. The van der Waals surface area contributed by atoms with Crippen LogP contribution in [0.2, 0.25) is 0 Å². The topological polar surface area (TPSA) is 421 Å². The van der Waals surface area contributed by atoms with Crippen LogP contribution in [0.15, 0.2) is 0 Å². The van der Waals surface area contributed by atoms with Gasteiger partial charge < -0.3 is 85.8 Å². The molecule has 25 heteroatoms. The number of unbranched alkanes of at least 4 members (excludes halogenated alkanes) is 8. The standard InChI is InChI=1S/C25H49O19P3.3H3N/c1-3-5-7-9-11-13-18(26)39-15-17(41-19(27)14-12-10-8-6-4-2)16-40-47(37,38)44-23-20(28)21(29)24(42-45(31,32)33)25(22(23)30)43-46(34,35)36;;;/h17,20-25,28-30H,3-16H2,1-2H3,(H,37,38)(H2,31,32,33)(H2,34,35,36);3*1H3/t17-,20-,21-,22+,23+,24+,25+;;;/m1.../s1. The lowest BCUT2D eigenvalue weighted by molar-refractivity contribution is -0.280. The molecule has 50 heavy (non-hydrogen) atoms. The zero-order valence-corrected chi connectivity index (χ0v) is 31.9. The Morgan fingerprint density at radius 1 is 0.620 bits per heavy atom. The van der Waals surface area contributed by atoms with E-state index in [2.05, 4.69) is 13.6 Å². The van der Waals surface area contributed by atoms with E-state index in [0.29, 0.717) is 12.8 Å². The van der Waals surface area contributed by atoms with E-state index >= 15 is 0 Å². The number of quaternary nitrogens is 3. The summed E-state index contributed by atoms with van der Waals surface area (Å²) in [7, 11) is -17.4. The minimum absolute atomic E-state index is 0. The molecule has 302 valence electrons. The maximum Gasteiger partial charge on any atom is 0.306 e. The summed E-state index contributed by atoms with van der Waals surface area (Å²) < 4.78 is 63.1. The normalized spacial score (nSPS) is 26.0. The first-order chi connectivity index (χ1) is 21.8. The van der Waals surface area contributed by atoms with E-state index in [1.165, 1.54) is 0 Å². The van der Waals surface area contributed by atoms with Crippen LogP contribution < -0.4 is 33.1 Å². The molecular formula is C25H58N3O19P3. The lowest BCUT2D eigenvalue weighted by atomic mass is 9.85. The Morgan fingerprint density at radius 3 is 1.50 bits per heavy atom. The molecule has 17 N–H and O–H groups in total. The third-order valence-corrected chi connectivity index (χ3v) is 8.88. The fourth-order valence-corrected chi connectivity index (χ4v) is 6.62. The quantitative estimate of drug-likeness (QED) is 0.0383. The largest absolute Gasteiger partial charge is 0.756 e. The van der Waals surface area contributed by atoms with Gasteiger partial charge in [0, 0.05) is 12.8 Å². The van der Waals surface area contributed by atoms with Crippen LogP contribution in [0.4, 0.5) is 0 Å². The lowest BCUT2D eigenvalue weighted by Gasteiger charge is -2.47. The van der Waals surface area contributed by atoms with Gasteiger partial charge in [-0.2, -0.15) is 0 Å². The van der Waals surface area contributed by atoms with Gasteiger partial charge in [0.05, 0.1) is 6.61 Å². The highest BCUT2D eigenvalue weighted by Crippen LogP contribution is 2.47. The minimum atomic E-state index is -5.86. The van der Waals surface area contributed by atoms with Crippen molar-refractivity contribution in [3.8, 4) is 0 Å². The predicted octanol–water partition coefficient (Wildman–Crippen LogP) is 0.949. The van der Waals surface area contributed by atoms with E-state index in [4.69, 9.17) is 23.8 Å². The number of rotatable bonds is 24. The summed E-state index contributed by atoms with van der Waals surface area (Å²) in [6, 6.07) is 0. The molecule has 0 aromatic carbocycles. The molecule has 0 saturated heterocycles. The number of hydrogen-bond acceptors (Lipinski definition) is 17. The van der Waals surface area contributed by atoms with Gasteiger partial charge in [-0.15, -0.1) is 0 Å². The van der Waals surface area contributed by atoms with E-state index in [9.17, 15) is 53.3 Å².